The Bertz CT molecular complexity index is 647. The lowest BCUT2D eigenvalue weighted by atomic mass is 10.1. The average Bonchev–Trinajstić information content (AvgIpc) is 2.55. The second-order valence-corrected chi connectivity index (χ2v) is 5.55. The van der Waals surface area contributed by atoms with Crippen LogP contribution in [0.1, 0.15) is 22.3 Å². The van der Waals surface area contributed by atoms with E-state index in [4.69, 9.17) is 10.5 Å². The van der Waals surface area contributed by atoms with E-state index < -0.39 is 0 Å². The highest BCUT2D eigenvalue weighted by molar-refractivity contribution is 9.08. The maximum absolute atomic E-state index is 8.55. The topological polar surface area (TPSA) is 50.8 Å². The van der Waals surface area contributed by atoms with Crippen molar-refractivity contribution in [3.05, 3.63) is 70.8 Å². The smallest absolute Gasteiger partial charge is 0.0991 e. The first-order valence-corrected chi connectivity index (χ1v) is 7.90. The third kappa shape index (κ3) is 6.54. The minimum atomic E-state index is 0.713. The standard InChI is InChI=1S/C10H12N2.C8H6BrN/c1-12(2)8-10-5-3-9(7-11)4-6-10;9-5-7-1-3-8(6-10)4-2-7/h3-6H,8H2,1-2H3;1-4H,5H2. The van der Waals surface area contributed by atoms with Gasteiger partial charge in [0.05, 0.1) is 23.3 Å². The zero-order chi connectivity index (χ0) is 16.4. The molecule has 3 nitrogen and oxygen atoms in total. The van der Waals surface area contributed by atoms with Gasteiger partial charge in [-0.3, -0.25) is 0 Å². The first kappa shape index (κ1) is 17.9. The Morgan fingerprint density at radius 1 is 0.818 bits per heavy atom. The van der Waals surface area contributed by atoms with Crippen molar-refractivity contribution in [2.45, 2.75) is 11.9 Å². The molecular weight excluding hydrogens is 338 g/mol. The van der Waals surface area contributed by atoms with Crippen LogP contribution in [0.2, 0.25) is 0 Å². The molecule has 0 saturated carbocycles. The van der Waals surface area contributed by atoms with E-state index in [1.54, 1.807) is 0 Å². The van der Waals surface area contributed by atoms with E-state index in [0.29, 0.717) is 5.56 Å². The molecular formula is C18H18BrN3. The van der Waals surface area contributed by atoms with Crippen molar-refractivity contribution >= 4 is 15.9 Å². The molecule has 2 aromatic rings. The monoisotopic (exact) mass is 355 g/mol. The van der Waals surface area contributed by atoms with Crippen LogP contribution in [0.4, 0.5) is 0 Å². The Kier molecular flexibility index (Phi) is 7.92. The first-order valence-electron chi connectivity index (χ1n) is 6.77. The second kappa shape index (κ2) is 9.73. The van der Waals surface area contributed by atoms with Crippen LogP contribution in [0.25, 0.3) is 0 Å². The Morgan fingerprint density at radius 2 is 1.23 bits per heavy atom. The average molecular weight is 356 g/mol. The van der Waals surface area contributed by atoms with Gasteiger partial charge in [-0.25, -0.2) is 0 Å². The highest BCUT2D eigenvalue weighted by Crippen LogP contribution is 2.06. The van der Waals surface area contributed by atoms with E-state index in [9.17, 15) is 0 Å². The fourth-order valence-corrected chi connectivity index (χ4v) is 2.09. The van der Waals surface area contributed by atoms with Crippen LogP contribution in [-0.2, 0) is 11.9 Å². The lowest BCUT2D eigenvalue weighted by molar-refractivity contribution is 0.402. The van der Waals surface area contributed by atoms with Crippen molar-refractivity contribution in [2.24, 2.45) is 0 Å². The molecule has 2 rings (SSSR count). The third-order valence-corrected chi connectivity index (χ3v) is 3.47. The molecule has 4 heteroatoms. The Labute approximate surface area is 140 Å². The molecule has 0 aliphatic carbocycles. The zero-order valence-corrected chi connectivity index (χ0v) is 14.3. The summed E-state index contributed by atoms with van der Waals surface area (Å²) < 4.78 is 0. The largest absolute Gasteiger partial charge is 0.305 e. The molecule has 0 bridgehead atoms. The van der Waals surface area contributed by atoms with E-state index in [2.05, 4.69) is 33.0 Å². The van der Waals surface area contributed by atoms with Gasteiger partial charge in [0, 0.05) is 11.9 Å². The summed E-state index contributed by atoms with van der Waals surface area (Å²) in [6.45, 7) is 0.922. The molecule has 0 aliphatic rings. The first-order chi connectivity index (χ1) is 10.6. The number of hydrogen-bond acceptors (Lipinski definition) is 3. The van der Waals surface area contributed by atoms with Crippen molar-refractivity contribution in [1.29, 1.82) is 10.5 Å². The zero-order valence-electron chi connectivity index (χ0n) is 12.8. The number of benzene rings is 2. The number of hydrogen-bond donors (Lipinski definition) is 0. The molecule has 0 radical (unpaired) electrons. The van der Waals surface area contributed by atoms with Gasteiger partial charge in [0.15, 0.2) is 0 Å². The van der Waals surface area contributed by atoms with Crippen molar-refractivity contribution in [1.82, 2.24) is 4.90 Å². The predicted octanol–water partition coefficient (Wildman–Crippen LogP) is 4.07. The summed E-state index contributed by atoms with van der Waals surface area (Å²) in [7, 11) is 4.05. The SMILES string of the molecule is CN(C)Cc1ccc(C#N)cc1.N#Cc1ccc(CBr)cc1. The number of nitriles is 2. The molecule has 112 valence electrons. The normalized spacial score (nSPS) is 9.36. The molecule has 0 saturated heterocycles. The van der Waals surface area contributed by atoms with Gasteiger partial charge in [-0.15, -0.1) is 0 Å². The van der Waals surface area contributed by atoms with Gasteiger partial charge in [0.1, 0.15) is 0 Å². The van der Waals surface area contributed by atoms with Crippen LogP contribution < -0.4 is 0 Å². The number of nitrogens with zero attached hydrogens (tertiary/aromatic N) is 3. The molecule has 0 aromatic heterocycles. The summed E-state index contributed by atoms with van der Waals surface area (Å²) in [5.74, 6) is 0. The Balaban J connectivity index is 0.000000224. The molecule has 0 atom stereocenters. The van der Waals surface area contributed by atoms with Crippen molar-refractivity contribution in [3.8, 4) is 12.1 Å². The fourth-order valence-electron chi connectivity index (χ4n) is 1.72. The second-order valence-electron chi connectivity index (χ2n) is 4.99. The van der Waals surface area contributed by atoms with Gasteiger partial charge < -0.3 is 4.90 Å². The van der Waals surface area contributed by atoms with Gasteiger partial charge in [-0.05, 0) is 49.5 Å². The maximum atomic E-state index is 8.55. The van der Waals surface area contributed by atoms with Crippen LogP contribution >= 0.6 is 15.9 Å². The Morgan fingerprint density at radius 3 is 1.55 bits per heavy atom. The molecule has 0 amide bonds. The molecule has 0 unspecified atom stereocenters. The molecule has 22 heavy (non-hydrogen) atoms. The highest BCUT2D eigenvalue weighted by atomic mass is 79.9. The van der Waals surface area contributed by atoms with Crippen molar-refractivity contribution in [2.75, 3.05) is 14.1 Å². The van der Waals surface area contributed by atoms with E-state index >= 15 is 0 Å². The van der Waals surface area contributed by atoms with E-state index in [0.717, 1.165) is 17.4 Å². The molecule has 2 aromatic carbocycles. The predicted molar refractivity (Wildman–Crippen MR) is 92.3 cm³/mol. The summed E-state index contributed by atoms with van der Waals surface area (Å²) in [5, 5.41) is 17.8. The maximum Gasteiger partial charge on any atom is 0.0991 e. The third-order valence-electron chi connectivity index (χ3n) is 2.82. The lowest BCUT2D eigenvalue weighted by Crippen LogP contribution is -2.10. The Hall–Kier alpha value is -2.14. The van der Waals surface area contributed by atoms with Gasteiger partial charge in [-0.2, -0.15) is 10.5 Å². The minimum absolute atomic E-state index is 0.713. The molecule has 0 aliphatic heterocycles. The van der Waals surface area contributed by atoms with Crippen LogP contribution in [-0.4, -0.2) is 19.0 Å². The van der Waals surface area contributed by atoms with Crippen molar-refractivity contribution in [3.63, 3.8) is 0 Å². The summed E-state index contributed by atoms with van der Waals surface area (Å²) in [6.07, 6.45) is 0. The van der Waals surface area contributed by atoms with Crippen LogP contribution in [0.5, 0.6) is 0 Å². The number of alkyl halides is 1. The highest BCUT2D eigenvalue weighted by Gasteiger charge is 1.94. The molecule has 0 fully saturated rings. The molecule has 0 N–H and O–H groups in total. The van der Waals surface area contributed by atoms with Gasteiger partial charge >= 0.3 is 0 Å². The van der Waals surface area contributed by atoms with Gasteiger partial charge in [0.25, 0.3) is 0 Å². The van der Waals surface area contributed by atoms with E-state index in [1.165, 1.54) is 11.1 Å². The molecule has 0 spiro atoms. The summed E-state index contributed by atoms with van der Waals surface area (Å²) >= 11 is 3.32. The number of rotatable bonds is 3. The quantitative estimate of drug-likeness (QED) is 0.779. The van der Waals surface area contributed by atoms with Crippen molar-refractivity contribution < 1.29 is 0 Å². The summed E-state index contributed by atoms with van der Waals surface area (Å²) in [6, 6.07) is 19.3. The minimum Gasteiger partial charge on any atom is -0.305 e. The fraction of sp³-hybridized carbons (Fsp3) is 0.222. The van der Waals surface area contributed by atoms with Gasteiger partial charge in [-0.1, -0.05) is 40.2 Å². The van der Waals surface area contributed by atoms with Crippen LogP contribution in [0.3, 0.4) is 0 Å². The summed E-state index contributed by atoms with van der Waals surface area (Å²) in [4.78, 5) is 2.10. The lowest BCUT2D eigenvalue weighted by Gasteiger charge is -2.08. The number of halogens is 1. The van der Waals surface area contributed by atoms with Gasteiger partial charge in [0.2, 0.25) is 0 Å². The van der Waals surface area contributed by atoms with Crippen LogP contribution in [0, 0.1) is 22.7 Å². The van der Waals surface area contributed by atoms with E-state index in [1.807, 2.05) is 62.6 Å². The summed E-state index contributed by atoms with van der Waals surface area (Å²) in [5.41, 5.74) is 3.86. The van der Waals surface area contributed by atoms with E-state index in [-0.39, 0.29) is 0 Å². The molecule has 0 heterocycles. The van der Waals surface area contributed by atoms with Crippen LogP contribution in [0.15, 0.2) is 48.5 Å².